The standard InChI is InChI=1S/C15H17BrN2OS/c16-15-6-5-12(20-15)11-17-13-3-1-2-4-14(13)18-7-9-19-10-8-18/h1-6,17H,7-11H2. The molecule has 0 spiro atoms. The van der Waals surface area contributed by atoms with Crippen molar-refractivity contribution in [2.75, 3.05) is 36.5 Å². The highest BCUT2D eigenvalue weighted by atomic mass is 79.9. The highest BCUT2D eigenvalue weighted by molar-refractivity contribution is 9.11. The van der Waals surface area contributed by atoms with Crippen LogP contribution >= 0.6 is 27.3 Å². The van der Waals surface area contributed by atoms with Crippen LogP contribution in [-0.2, 0) is 11.3 Å². The first kappa shape index (κ1) is 13.9. The topological polar surface area (TPSA) is 24.5 Å². The normalized spacial score (nSPS) is 15.3. The average Bonchev–Trinajstić information content (AvgIpc) is 2.92. The molecule has 3 rings (SSSR count). The fraction of sp³-hybridized carbons (Fsp3) is 0.333. The molecule has 0 amide bonds. The third-order valence-corrected chi connectivity index (χ3v) is 4.96. The Hall–Kier alpha value is -1.04. The van der Waals surface area contributed by atoms with Gasteiger partial charge in [-0.2, -0.15) is 0 Å². The van der Waals surface area contributed by atoms with Crippen LogP contribution in [-0.4, -0.2) is 26.3 Å². The lowest BCUT2D eigenvalue weighted by atomic mass is 10.2. The third kappa shape index (κ3) is 3.34. The molecule has 0 aliphatic carbocycles. The lowest BCUT2D eigenvalue weighted by Crippen LogP contribution is -2.36. The van der Waals surface area contributed by atoms with Gasteiger partial charge >= 0.3 is 0 Å². The second kappa shape index (κ2) is 6.61. The summed E-state index contributed by atoms with van der Waals surface area (Å²) in [7, 11) is 0. The van der Waals surface area contributed by atoms with E-state index in [0.717, 1.165) is 32.8 Å². The Morgan fingerprint density at radius 3 is 2.70 bits per heavy atom. The van der Waals surface area contributed by atoms with Crippen LogP contribution in [0.4, 0.5) is 11.4 Å². The number of nitrogens with one attached hydrogen (secondary N) is 1. The molecule has 20 heavy (non-hydrogen) atoms. The van der Waals surface area contributed by atoms with E-state index in [1.54, 1.807) is 11.3 Å². The molecule has 5 heteroatoms. The number of hydrogen-bond donors (Lipinski definition) is 1. The summed E-state index contributed by atoms with van der Waals surface area (Å²) in [6.07, 6.45) is 0. The Morgan fingerprint density at radius 1 is 1.15 bits per heavy atom. The molecule has 1 fully saturated rings. The second-order valence-electron chi connectivity index (χ2n) is 4.68. The Morgan fingerprint density at radius 2 is 1.95 bits per heavy atom. The highest BCUT2D eigenvalue weighted by Crippen LogP contribution is 2.28. The number of benzene rings is 1. The summed E-state index contributed by atoms with van der Waals surface area (Å²) < 4.78 is 6.60. The lowest BCUT2D eigenvalue weighted by Gasteiger charge is -2.30. The van der Waals surface area contributed by atoms with E-state index in [9.17, 15) is 0 Å². The second-order valence-corrected chi connectivity index (χ2v) is 7.22. The molecule has 1 N–H and O–H groups in total. The van der Waals surface area contributed by atoms with Crippen LogP contribution < -0.4 is 10.2 Å². The van der Waals surface area contributed by atoms with E-state index in [1.165, 1.54) is 20.0 Å². The Balaban J connectivity index is 1.72. The van der Waals surface area contributed by atoms with Crippen molar-refractivity contribution in [3.63, 3.8) is 0 Å². The van der Waals surface area contributed by atoms with Crippen molar-refractivity contribution >= 4 is 38.6 Å². The Kier molecular flexibility index (Phi) is 4.60. The summed E-state index contributed by atoms with van der Waals surface area (Å²) in [5, 5.41) is 3.55. The van der Waals surface area contributed by atoms with Crippen molar-refractivity contribution in [1.82, 2.24) is 0 Å². The quantitative estimate of drug-likeness (QED) is 0.901. The molecule has 0 saturated carbocycles. The first-order valence-electron chi connectivity index (χ1n) is 6.73. The fourth-order valence-corrected chi connectivity index (χ4v) is 3.76. The van der Waals surface area contributed by atoms with Crippen molar-refractivity contribution in [3.05, 3.63) is 45.1 Å². The summed E-state index contributed by atoms with van der Waals surface area (Å²) in [5.41, 5.74) is 2.46. The van der Waals surface area contributed by atoms with Crippen LogP contribution in [0, 0.1) is 0 Å². The van der Waals surface area contributed by atoms with Crippen molar-refractivity contribution in [3.8, 4) is 0 Å². The molecule has 1 aromatic heterocycles. The van der Waals surface area contributed by atoms with Crippen molar-refractivity contribution < 1.29 is 4.74 Å². The lowest BCUT2D eigenvalue weighted by molar-refractivity contribution is 0.123. The molecule has 2 aromatic rings. The summed E-state index contributed by atoms with van der Waals surface area (Å²) >= 11 is 5.27. The van der Waals surface area contributed by atoms with Gasteiger partial charge in [0.25, 0.3) is 0 Å². The first-order valence-corrected chi connectivity index (χ1v) is 8.34. The molecule has 0 radical (unpaired) electrons. The Bertz CT molecular complexity index is 567. The summed E-state index contributed by atoms with van der Waals surface area (Å²) in [4.78, 5) is 3.71. The Labute approximate surface area is 131 Å². The van der Waals surface area contributed by atoms with Crippen LogP contribution in [0.15, 0.2) is 40.2 Å². The molecular weight excluding hydrogens is 336 g/mol. The molecule has 1 aromatic carbocycles. The van der Waals surface area contributed by atoms with E-state index in [-0.39, 0.29) is 0 Å². The van der Waals surface area contributed by atoms with Crippen molar-refractivity contribution in [1.29, 1.82) is 0 Å². The maximum atomic E-state index is 5.43. The maximum absolute atomic E-state index is 5.43. The number of halogens is 1. The minimum Gasteiger partial charge on any atom is -0.378 e. The molecule has 0 bridgehead atoms. The highest BCUT2D eigenvalue weighted by Gasteiger charge is 2.14. The first-order chi connectivity index (χ1) is 9.83. The zero-order chi connectivity index (χ0) is 13.8. The number of nitrogens with zero attached hydrogens (tertiary/aromatic N) is 1. The molecule has 1 saturated heterocycles. The van der Waals surface area contributed by atoms with Gasteiger partial charge in [0.1, 0.15) is 0 Å². The van der Waals surface area contributed by atoms with Gasteiger partial charge in [0, 0.05) is 24.5 Å². The van der Waals surface area contributed by atoms with E-state index in [1.807, 2.05) is 0 Å². The molecule has 0 unspecified atom stereocenters. The van der Waals surface area contributed by atoms with E-state index in [2.05, 4.69) is 62.5 Å². The van der Waals surface area contributed by atoms with Gasteiger partial charge in [0.05, 0.1) is 28.4 Å². The largest absolute Gasteiger partial charge is 0.378 e. The molecule has 106 valence electrons. The zero-order valence-corrected chi connectivity index (χ0v) is 13.5. The van der Waals surface area contributed by atoms with Gasteiger partial charge in [-0.25, -0.2) is 0 Å². The molecule has 2 heterocycles. The van der Waals surface area contributed by atoms with Gasteiger partial charge in [-0.3, -0.25) is 0 Å². The SMILES string of the molecule is Brc1ccc(CNc2ccccc2N2CCOCC2)s1. The van der Waals surface area contributed by atoms with Crippen molar-refractivity contribution in [2.24, 2.45) is 0 Å². The van der Waals surface area contributed by atoms with Gasteiger partial charge in [-0.1, -0.05) is 12.1 Å². The van der Waals surface area contributed by atoms with Gasteiger partial charge in [-0.15, -0.1) is 11.3 Å². The van der Waals surface area contributed by atoms with Gasteiger partial charge < -0.3 is 15.0 Å². The van der Waals surface area contributed by atoms with E-state index >= 15 is 0 Å². The van der Waals surface area contributed by atoms with Crippen LogP contribution in [0.25, 0.3) is 0 Å². The third-order valence-electron chi connectivity index (χ3n) is 3.34. The summed E-state index contributed by atoms with van der Waals surface area (Å²) in [6, 6.07) is 12.7. The maximum Gasteiger partial charge on any atom is 0.0702 e. The van der Waals surface area contributed by atoms with Gasteiger partial charge in [0.2, 0.25) is 0 Å². The van der Waals surface area contributed by atoms with Crippen LogP contribution in [0.3, 0.4) is 0 Å². The number of thiophene rings is 1. The number of ether oxygens (including phenoxy) is 1. The van der Waals surface area contributed by atoms with Crippen LogP contribution in [0.5, 0.6) is 0 Å². The smallest absolute Gasteiger partial charge is 0.0702 e. The number of morpholine rings is 1. The summed E-state index contributed by atoms with van der Waals surface area (Å²) in [5.74, 6) is 0. The molecule has 1 aliphatic rings. The number of rotatable bonds is 4. The average molecular weight is 353 g/mol. The van der Waals surface area contributed by atoms with Gasteiger partial charge in [-0.05, 0) is 40.2 Å². The van der Waals surface area contributed by atoms with E-state index in [0.29, 0.717) is 0 Å². The van der Waals surface area contributed by atoms with Crippen molar-refractivity contribution in [2.45, 2.75) is 6.54 Å². The predicted molar refractivity (Wildman–Crippen MR) is 88.8 cm³/mol. The monoisotopic (exact) mass is 352 g/mol. The van der Waals surface area contributed by atoms with Crippen LogP contribution in [0.1, 0.15) is 4.88 Å². The van der Waals surface area contributed by atoms with Crippen LogP contribution in [0.2, 0.25) is 0 Å². The number of para-hydroxylation sites is 2. The van der Waals surface area contributed by atoms with E-state index < -0.39 is 0 Å². The fourth-order valence-electron chi connectivity index (χ4n) is 2.33. The molecular formula is C15H17BrN2OS. The van der Waals surface area contributed by atoms with E-state index in [4.69, 9.17) is 4.74 Å². The minimum absolute atomic E-state index is 0.812. The van der Waals surface area contributed by atoms with Gasteiger partial charge in [0.15, 0.2) is 0 Å². The molecule has 0 atom stereocenters. The zero-order valence-electron chi connectivity index (χ0n) is 11.1. The molecule has 1 aliphatic heterocycles. The predicted octanol–water partition coefficient (Wildman–Crippen LogP) is 3.96. The summed E-state index contributed by atoms with van der Waals surface area (Å²) in [6.45, 7) is 4.41. The number of hydrogen-bond acceptors (Lipinski definition) is 4. The number of anilines is 2. The molecule has 3 nitrogen and oxygen atoms in total. The minimum atomic E-state index is 0.812.